The molecule has 2 aromatic heterocycles. The van der Waals surface area contributed by atoms with Crippen molar-refractivity contribution in [3.63, 3.8) is 0 Å². The molecule has 0 aliphatic heterocycles. The van der Waals surface area contributed by atoms with Gasteiger partial charge in [0, 0.05) is 28.4 Å². The normalized spacial score (nSPS) is 11.3. The molecular weight excluding hydrogens is 334 g/mol. The fourth-order valence-electron chi connectivity index (χ4n) is 2.14. The van der Waals surface area contributed by atoms with E-state index in [1.807, 2.05) is 19.9 Å². The van der Waals surface area contributed by atoms with Gasteiger partial charge in [0.2, 0.25) is 0 Å². The molecule has 3 aromatic rings. The SMILES string of the molecule is Cc1cc(C)n(-c2nncn2N=Cc2cc([N+](=O)[O-])ccc2Cl)n1. The van der Waals surface area contributed by atoms with Gasteiger partial charge in [0.05, 0.1) is 16.8 Å². The monoisotopic (exact) mass is 345 g/mol. The fourth-order valence-corrected chi connectivity index (χ4v) is 2.31. The van der Waals surface area contributed by atoms with E-state index in [9.17, 15) is 10.1 Å². The molecule has 2 heterocycles. The molecular formula is C14H12ClN7O2. The van der Waals surface area contributed by atoms with Crippen molar-refractivity contribution < 1.29 is 4.92 Å². The molecule has 10 heteroatoms. The average Bonchev–Trinajstić information content (AvgIpc) is 3.11. The summed E-state index contributed by atoms with van der Waals surface area (Å²) in [5.41, 5.74) is 2.07. The van der Waals surface area contributed by atoms with Gasteiger partial charge in [-0.05, 0) is 26.0 Å². The standard InChI is InChI=1S/C14H12ClN7O2/c1-9-5-10(2)21(19-9)14-18-16-8-20(14)17-7-11-6-12(22(23)24)3-4-13(11)15/h3-8H,1-2H3. The Bertz CT molecular complexity index is 945. The molecule has 0 atom stereocenters. The van der Waals surface area contributed by atoms with Crippen molar-refractivity contribution in [2.45, 2.75) is 13.8 Å². The summed E-state index contributed by atoms with van der Waals surface area (Å²) in [5.74, 6) is 0.401. The molecule has 0 saturated heterocycles. The maximum Gasteiger partial charge on any atom is 0.273 e. The van der Waals surface area contributed by atoms with E-state index in [1.54, 1.807) is 4.68 Å². The van der Waals surface area contributed by atoms with Crippen LogP contribution in [0.3, 0.4) is 0 Å². The van der Waals surface area contributed by atoms with Crippen LogP contribution >= 0.6 is 11.6 Å². The molecule has 0 amide bonds. The van der Waals surface area contributed by atoms with Crippen LogP contribution in [0, 0.1) is 24.0 Å². The van der Waals surface area contributed by atoms with E-state index < -0.39 is 4.92 Å². The van der Waals surface area contributed by atoms with E-state index in [0.717, 1.165) is 11.4 Å². The van der Waals surface area contributed by atoms with Crippen molar-refractivity contribution >= 4 is 23.5 Å². The van der Waals surface area contributed by atoms with Gasteiger partial charge < -0.3 is 0 Å². The van der Waals surface area contributed by atoms with Crippen LogP contribution in [-0.2, 0) is 0 Å². The number of benzene rings is 1. The Kier molecular flexibility index (Phi) is 4.09. The Morgan fingerprint density at radius 2 is 2.12 bits per heavy atom. The van der Waals surface area contributed by atoms with Crippen molar-refractivity contribution in [3.8, 4) is 5.95 Å². The highest BCUT2D eigenvalue weighted by Crippen LogP contribution is 2.20. The molecule has 0 radical (unpaired) electrons. The van der Waals surface area contributed by atoms with Crippen LogP contribution in [0.15, 0.2) is 35.7 Å². The number of hydrogen-bond acceptors (Lipinski definition) is 6. The maximum absolute atomic E-state index is 10.9. The second kappa shape index (κ2) is 6.20. The number of non-ortho nitro benzene ring substituents is 1. The Hall–Kier alpha value is -3.07. The summed E-state index contributed by atoms with van der Waals surface area (Å²) < 4.78 is 3.02. The van der Waals surface area contributed by atoms with Crippen LogP contribution in [0.5, 0.6) is 0 Å². The summed E-state index contributed by atoms with van der Waals surface area (Å²) in [5, 5.41) is 27.6. The minimum Gasteiger partial charge on any atom is -0.258 e. The van der Waals surface area contributed by atoms with Gasteiger partial charge in [0.15, 0.2) is 0 Å². The lowest BCUT2D eigenvalue weighted by Gasteiger charge is -2.03. The molecule has 122 valence electrons. The number of nitro groups is 1. The Morgan fingerprint density at radius 3 is 2.79 bits per heavy atom. The molecule has 9 nitrogen and oxygen atoms in total. The van der Waals surface area contributed by atoms with Crippen LogP contribution in [0.25, 0.3) is 5.95 Å². The summed E-state index contributed by atoms with van der Waals surface area (Å²) in [6.07, 6.45) is 2.82. The lowest BCUT2D eigenvalue weighted by Crippen LogP contribution is -2.06. The third-order valence-corrected chi connectivity index (χ3v) is 3.57. The number of nitro benzene ring substituents is 1. The predicted molar refractivity (Wildman–Crippen MR) is 87.7 cm³/mol. The Balaban J connectivity index is 1.97. The fraction of sp³-hybridized carbons (Fsp3) is 0.143. The van der Waals surface area contributed by atoms with Gasteiger partial charge in [-0.1, -0.05) is 11.6 Å². The first-order valence-electron chi connectivity index (χ1n) is 6.87. The smallest absolute Gasteiger partial charge is 0.258 e. The van der Waals surface area contributed by atoms with Crippen molar-refractivity contribution in [2.75, 3.05) is 0 Å². The minimum atomic E-state index is -0.492. The van der Waals surface area contributed by atoms with Crippen molar-refractivity contribution in [1.29, 1.82) is 0 Å². The molecule has 0 saturated carbocycles. The molecule has 0 fully saturated rings. The molecule has 0 bridgehead atoms. The summed E-state index contributed by atoms with van der Waals surface area (Å²) in [4.78, 5) is 10.4. The van der Waals surface area contributed by atoms with Crippen LogP contribution in [0.1, 0.15) is 17.0 Å². The summed E-state index contributed by atoms with van der Waals surface area (Å²) in [7, 11) is 0. The van der Waals surface area contributed by atoms with Crippen molar-refractivity contribution in [3.05, 3.63) is 62.7 Å². The van der Waals surface area contributed by atoms with E-state index >= 15 is 0 Å². The zero-order chi connectivity index (χ0) is 17.3. The zero-order valence-electron chi connectivity index (χ0n) is 12.8. The second-order valence-electron chi connectivity index (χ2n) is 5.02. The van der Waals surface area contributed by atoms with Gasteiger partial charge in [0.25, 0.3) is 11.6 Å². The van der Waals surface area contributed by atoms with Gasteiger partial charge in [-0.15, -0.1) is 10.2 Å². The molecule has 0 unspecified atom stereocenters. The predicted octanol–water partition coefficient (Wildman–Crippen LogP) is 2.52. The van der Waals surface area contributed by atoms with Gasteiger partial charge in [0.1, 0.15) is 6.33 Å². The number of aromatic nitrogens is 5. The average molecular weight is 346 g/mol. The summed E-state index contributed by atoms with van der Waals surface area (Å²) in [6.45, 7) is 3.76. The van der Waals surface area contributed by atoms with Crippen LogP contribution in [0.2, 0.25) is 5.02 Å². The largest absolute Gasteiger partial charge is 0.273 e. The molecule has 0 aliphatic carbocycles. The number of hydrogen-bond donors (Lipinski definition) is 0. The van der Waals surface area contributed by atoms with Crippen LogP contribution in [0.4, 0.5) is 5.69 Å². The number of aryl methyl sites for hydroxylation is 2. The van der Waals surface area contributed by atoms with E-state index in [1.165, 1.54) is 35.4 Å². The minimum absolute atomic E-state index is 0.0663. The van der Waals surface area contributed by atoms with Gasteiger partial charge in [-0.2, -0.15) is 14.9 Å². The van der Waals surface area contributed by atoms with Crippen molar-refractivity contribution in [1.82, 2.24) is 24.7 Å². The highest BCUT2D eigenvalue weighted by Gasteiger charge is 2.11. The summed E-state index contributed by atoms with van der Waals surface area (Å²) in [6, 6.07) is 6.04. The van der Waals surface area contributed by atoms with Crippen LogP contribution in [-0.4, -0.2) is 35.8 Å². The molecule has 0 N–H and O–H groups in total. The topological polar surface area (TPSA) is 104 Å². The van der Waals surface area contributed by atoms with Crippen LogP contribution < -0.4 is 0 Å². The number of halogens is 1. The Morgan fingerprint density at radius 1 is 1.33 bits per heavy atom. The van der Waals surface area contributed by atoms with E-state index in [4.69, 9.17) is 11.6 Å². The van der Waals surface area contributed by atoms with Crippen molar-refractivity contribution in [2.24, 2.45) is 5.10 Å². The molecule has 24 heavy (non-hydrogen) atoms. The second-order valence-corrected chi connectivity index (χ2v) is 5.43. The zero-order valence-corrected chi connectivity index (χ0v) is 13.5. The molecule has 1 aromatic carbocycles. The van der Waals surface area contributed by atoms with E-state index in [-0.39, 0.29) is 5.69 Å². The Labute approximate surface area is 141 Å². The molecule has 0 spiro atoms. The third kappa shape index (κ3) is 3.01. The quantitative estimate of drug-likeness (QED) is 0.410. The van der Waals surface area contributed by atoms with Gasteiger partial charge >= 0.3 is 0 Å². The lowest BCUT2D eigenvalue weighted by molar-refractivity contribution is -0.384. The van der Waals surface area contributed by atoms with E-state index in [0.29, 0.717) is 16.5 Å². The first kappa shape index (κ1) is 15.8. The first-order valence-corrected chi connectivity index (χ1v) is 7.25. The van der Waals surface area contributed by atoms with E-state index in [2.05, 4.69) is 20.4 Å². The highest BCUT2D eigenvalue weighted by atomic mass is 35.5. The molecule has 0 aliphatic rings. The first-order chi connectivity index (χ1) is 11.5. The number of rotatable bonds is 4. The summed E-state index contributed by atoms with van der Waals surface area (Å²) >= 11 is 6.05. The van der Waals surface area contributed by atoms with Gasteiger partial charge in [-0.3, -0.25) is 10.1 Å². The highest BCUT2D eigenvalue weighted by molar-refractivity contribution is 6.33. The van der Waals surface area contributed by atoms with Gasteiger partial charge in [-0.25, -0.2) is 4.68 Å². The lowest BCUT2D eigenvalue weighted by atomic mass is 10.2. The maximum atomic E-state index is 10.9. The number of nitrogens with zero attached hydrogens (tertiary/aromatic N) is 7. The molecule has 3 rings (SSSR count). The third-order valence-electron chi connectivity index (χ3n) is 3.22.